The topological polar surface area (TPSA) is 75.7 Å². The quantitative estimate of drug-likeness (QED) is 0.666. The van der Waals surface area contributed by atoms with Crippen LogP contribution in [0.2, 0.25) is 0 Å². The van der Waals surface area contributed by atoms with E-state index in [0.29, 0.717) is 5.56 Å². The first-order valence-corrected chi connectivity index (χ1v) is 6.65. The highest BCUT2D eigenvalue weighted by atomic mass is 79.9. The molecular formula is C13H13BrN2O4. The van der Waals surface area contributed by atoms with E-state index in [9.17, 15) is 14.4 Å². The van der Waals surface area contributed by atoms with Gasteiger partial charge in [0.05, 0.1) is 7.11 Å². The van der Waals surface area contributed by atoms with Gasteiger partial charge in [-0.1, -0.05) is 28.1 Å². The van der Waals surface area contributed by atoms with Crippen molar-refractivity contribution in [3.05, 3.63) is 34.3 Å². The van der Waals surface area contributed by atoms with Gasteiger partial charge in [0.15, 0.2) is 0 Å². The van der Waals surface area contributed by atoms with Crippen molar-refractivity contribution >= 4 is 33.8 Å². The van der Waals surface area contributed by atoms with Crippen LogP contribution in [0, 0.1) is 0 Å². The fourth-order valence-corrected chi connectivity index (χ4v) is 2.43. The third-order valence-electron chi connectivity index (χ3n) is 3.19. The number of nitrogens with one attached hydrogen (secondary N) is 1. The normalized spacial score (nSPS) is 21.9. The number of esters is 1. The average Bonchev–Trinajstić information content (AvgIpc) is 2.63. The van der Waals surface area contributed by atoms with Gasteiger partial charge < -0.3 is 10.1 Å². The Labute approximate surface area is 124 Å². The van der Waals surface area contributed by atoms with E-state index in [1.807, 2.05) is 6.07 Å². The number of rotatable bonds is 3. The lowest BCUT2D eigenvalue weighted by Crippen LogP contribution is -2.41. The highest BCUT2D eigenvalue weighted by Gasteiger charge is 2.49. The summed E-state index contributed by atoms with van der Waals surface area (Å²) in [6.07, 6.45) is 0. The van der Waals surface area contributed by atoms with Crippen LogP contribution in [0.4, 0.5) is 4.79 Å². The standard InChI is InChI=1S/C13H13BrN2O4/c1-13(8-4-3-5-9(14)6-8)11(18)16(12(19)15-13)7-10(17)20-2/h3-6H,7H2,1-2H3,(H,15,19). The minimum absolute atomic E-state index is 0.398. The van der Waals surface area contributed by atoms with Gasteiger partial charge >= 0.3 is 12.0 Å². The Kier molecular flexibility index (Phi) is 3.80. The highest BCUT2D eigenvalue weighted by molar-refractivity contribution is 9.10. The predicted octanol–water partition coefficient (Wildman–Crippen LogP) is 1.39. The van der Waals surface area contributed by atoms with Gasteiger partial charge in [-0.15, -0.1) is 0 Å². The second-order valence-electron chi connectivity index (χ2n) is 4.53. The second-order valence-corrected chi connectivity index (χ2v) is 5.45. The van der Waals surface area contributed by atoms with Crippen LogP contribution in [-0.2, 0) is 19.9 Å². The maximum absolute atomic E-state index is 12.4. The second kappa shape index (κ2) is 5.24. The number of nitrogens with zero attached hydrogens (tertiary/aromatic N) is 1. The van der Waals surface area contributed by atoms with Gasteiger partial charge in [0.2, 0.25) is 0 Å². The minimum Gasteiger partial charge on any atom is -0.468 e. The number of benzene rings is 1. The van der Waals surface area contributed by atoms with Crippen LogP contribution in [0.5, 0.6) is 0 Å². The lowest BCUT2D eigenvalue weighted by Gasteiger charge is -2.22. The molecule has 3 amide bonds. The number of amides is 3. The summed E-state index contributed by atoms with van der Waals surface area (Å²) in [6, 6.07) is 6.47. The van der Waals surface area contributed by atoms with Crippen molar-refractivity contribution in [2.45, 2.75) is 12.5 Å². The molecule has 1 aliphatic heterocycles. The summed E-state index contributed by atoms with van der Waals surface area (Å²) in [5.41, 5.74) is -0.549. The molecule has 1 fully saturated rings. The smallest absolute Gasteiger partial charge is 0.325 e. The van der Waals surface area contributed by atoms with Gasteiger partial charge in [-0.2, -0.15) is 0 Å². The lowest BCUT2D eigenvalue weighted by atomic mass is 9.92. The summed E-state index contributed by atoms with van der Waals surface area (Å²) in [5, 5.41) is 2.61. The van der Waals surface area contributed by atoms with Crippen molar-refractivity contribution in [1.82, 2.24) is 10.2 Å². The van der Waals surface area contributed by atoms with Gasteiger partial charge in [0, 0.05) is 4.47 Å². The molecular weight excluding hydrogens is 328 g/mol. The number of methoxy groups -OCH3 is 1. The van der Waals surface area contributed by atoms with Crippen LogP contribution in [0.25, 0.3) is 0 Å². The maximum atomic E-state index is 12.4. The molecule has 1 aliphatic rings. The zero-order valence-electron chi connectivity index (χ0n) is 11.0. The van der Waals surface area contributed by atoms with Gasteiger partial charge in [0.25, 0.3) is 5.91 Å². The number of ether oxygens (including phenoxy) is 1. The van der Waals surface area contributed by atoms with Gasteiger partial charge in [0.1, 0.15) is 12.1 Å². The Morgan fingerprint density at radius 1 is 1.45 bits per heavy atom. The van der Waals surface area contributed by atoms with Crippen LogP contribution in [0.15, 0.2) is 28.7 Å². The largest absolute Gasteiger partial charge is 0.468 e. The number of carbonyl (C=O) groups is 3. The van der Waals surface area contributed by atoms with E-state index in [1.165, 1.54) is 7.11 Å². The molecule has 1 saturated heterocycles. The summed E-state index contributed by atoms with van der Waals surface area (Å²) < 4.78 is 5.28. The molecule has 0 radical (unpaired) electrons. The molecule has 0 bridgehead atoms. The molecule has 1 N–H and O–H groups in total. The molecule has 1 aromatic carbocycles. The van der Waals surface area contributed by atoms with Crippen molar-refractivity contribution < 1.29 is 19.1 Å². The lowest BCUT2D eigenvalue weighted by molar-refractivity contribution is -0.145. The molecule has 2 rings (SSSR count). The van der Waals surface area contributed by atoms with Crippen molar-refractivity contribution in [2.75, 3.05) is 13.7 Å². The molecule has 0 spiro atoms. The molecule has 7 heteroatoms. The van der Waals surface area contributed by atoms with Gasteiger partial charge in [-0.05, 0) is 24.6 Å². The summed E-state index contributed by atoms with van der Waals surface area (Å²) in [4.78, 5) is 36.4. The number of hydrogen-bond acceptors (Lipinski definition) is 4. The number of hydrogen-bond donors (Lipinski definition) is 1. The van der Waals surface area contributed by atoms with Gasteiger partial charge in [-0.3, -0.25) is 14.5 Å². The highest BCUT2D eigenvalue weighted by Crippen LogP contribution is 2.30. The fraction of sp³-hybridized carbons (Fsp3) is 0.308. The van der Waals surface area contributed by atoms with Crippen molar-refractivity contribution in [3.63, 3.8) is 0 Å². The van der Waals surface area contributed by atoms with E-state index < -0.39 is 30.0 Å². The Bertz CT molecular complexity index is 589. The summed E-state index contributed by atoms with van der Waals surface area (Å²) in [6.45, 7) is 1.21. The number of carbonyl (C=O) groups excluding carboxylic acids is 3. The summed E-state index contributed by atoms with van der Waals surface area (Å²) in [5.74, 6) is -1.13. The van der Waals surface area contributed by atoms with E-state index in [0.717, 1.165) is 9.37 Å². The van der Waals surface area contributed by atoms with Crippen LogP contribution in [0.3, 0.4) is 0 Å². The van der Waals surface area contributed by atoms with Gasteiger partial charge in [-0.25, -0.2) is 4.79 Å². The molecule has 1 aromatic rings. The molecule has 1 heterocycles. The van der Waals surface area contributed by atoms with E-state index in [2.05, 4.69) is 26.0 Å². The fourth-order valence-electron chi connectivity index (χ4n) is 2.03. The average molecular weight is 341 g/mol. The predicted molar refractivity (Wildman–Crippen MR) is 73.8 cm³/mol. The molecule has 106 valence electrons. The van der Waals surface area contributed by atoms with Crippen LogP contribution >= 0.6 is 15.9 Å². The van der Waals surface area contributed by atoms with E-state index in [1.54, 1.807) is 25.1 Å². The molecule has 0 aromatic heterocycles. The number of halogens is 1. The monoisotopic (exact) mass is 340 g/mol. The van der Waals surface area contributed by atoms with E-state index in [4.69, 9.17) is 0 Å². The Hall–Kier alpha value is -1.89. The Balaban J connectivity index is 2.33. The summed E-state index contributed by atoms with van der Waals surface area (Å²) in [7, 11) is 1.20. The van der Waals surface area contributed by atoms with E-state index >= 15 is 0 Å². The molecule has 0 saturated carbocycles. The Morgan fingerprint density at radius 3 is 2.75 bits per heavy atom. The molecule has 20 heavy (non-hydrogen) atoms. The van der Waals surface area contributed by atoms with Crippen molar-refractivity contribution in [2.24, 2.45) is 0 Å². The minimum atomic E-state index is -1.19. The van der Waals surface area contributed by atoms with Crippen LogP contribution in [0.1, 0.15) is 12.5 Å². The third-order valence-corrected chi connectivity index (χ3v) is 3.69. The molecule has 1 atom stereocenters. The summed E-state index contributed by atoms with van der Waals surface area (Å²) >= 11 is 3.32. The van der Waals surface area contributed by atoms with Crippen LogP contribution in [-0.4, -0.2) is 36.5 Å². The van der Waals surface area contributed by atoms with Crippen molar-refractivity contribution in [3.8, 4) is 0 Å². The zero-order chi connectivity index (χ0) is 14.9. The number of urea groups is 1. The zero-order valence-corrected chi connectivity index (χ0v) is 12.6. The molecule has 0 aliphatic carbocycles. The first-order valence-electron chi connectivity index (χ1n) is 5.85. The number of imide groups is 1. The maximum Gasteiger partial charge on any atom is 0.325 e. The Morgan fingerprint density at radius 2 is 2.15 bits per heavy atom. The third kappa shape index (κ3) is 2.40. The molecule has 6 nitrogen and oxygen atoms in total. The van der Waals surface area contributed by atoms with Crippen molar-refractivity contribution in [1.29, 1.82) is 0 Å². The van der Waals surface area contributed by atoms with Crippen LogP contribution < -0.4 is 5.32 Å². The van der Waals surface area contributed by atoms with E-state index in [-0.39, 0.29) is 0 Å². The first kappa shape index (κ1) is 14.5. The molecule has 1 unspecified atom stereocenters. The SMILES string of the molecule is COC(=O)CN1C(=O)NC(C)(c2cccc(Br)c2)C1=O. The first-order chi connectivity index (χ1) is 9.38.